The quantitative estimate of drug-likeness (QED) is 0.876. The zero-order valence-corrected chi connectivity index (χ0v) is 12.1. The molecule has 0 atom stereocenters. The van der Waals surface area contributed by atoms with Crippen LogP contribution in [0.2, 0.25) is 0 Å². The Hall–Kier alpha value is -2.30. The van der Waals surface area contributed by atoms with Gasteiger partial charge in [-0.2, -0.15) is 0 Å². The van der Waals surface area contributed by atoms with E-state index in [9.17, 15) is 4.79 Å². The summed E-state index contributed by atoms with van der Waals surface area (Å²) in [6, 6.07) is 5.66. The lowest BCUT2D eigenvalue weighted by Crippen LogP contribution is -2.22. The van der Waals surface area contributed by atoms with Gasteiger partial charge in [-0.05, 0) is 37.6 Å². The first kappa shape index (κ1) is 14.1. The van der Waals surface area contributed by atoms with Gasteiger partial charge in [-0.25, -0.2) is 4.98 Å². The molecular formula is C15H20N4O. The normalized spacial score (nSPS) is 10.3. The van der Waals surface area contributed by atoms with Gasteiger partial charge in [0.05, 0.1) is 6.54 Å². The molecule has 0 fully saturated rings. The molecule has 0 radical (unpaired) electrons. The van der Waals surface area contributed by atoms with Crippen LogP contribution in [-0.4, -0.2) is 22.0 Å². The molecule has 1 heterocycles. The van der Waals surface area contributed by atoms with Crippen molar-refractivity contribution >= 4 is 11.6 Å². The molecule has 2 N–H and O–H groups in total. The van der Waals surface area contributed by atoms with E-state index in [1.807, 2.05) is 49.9 Å². The third kappa shape index (κ3) is 3.17. The number of aromatic nitrogens is 2. The zero-order valence-electron chi connectivity index (χ0n) is 12.1. The number of benzene rings is 1. The van der Waals surface area contributed by atoms with Crippen LogP contribution in [0.25, 0.3) is 0 Å². The summed E-state index contributed by atoms with van der Waals surface area (Å²) in [6.07, 6.45) is 3.70. The second-order valence-electron chi connectivity index (χ2n) is 4.70. The number of amides is 1. The van der Waals surface area contributed by atoms with Crippen LogP contribution in [0.3, 0.4) is 0 Å². The molecule has 0 aliphatic rings. The molecule has 5 heteroatoms. The van der Waals surface area contributed by atoms with Crippen molar-refractivity contribution in [1.29, 1.82) is 0 Å². The fraction of sp³-hybridized carbons (Fsp3) is 0.333. The maximum absolute atomic E-state index is 11.8. The summed E-state index contributed by atoms with van der Waals surface area (Å²) >= 11 is 0. The molecule has 106 valence electrons. The first-order valence-corrected chi connectivity index (χ1v) is 6.70. The minimum absolute atomic E-state index is 0.0359. The summed E-state index contributed by atoms with van der Waals surface area (Å²) in [5, 5.41) is 6.14. The van der Waals surface area contributed by atoms with Crippen LogP contribution < -0.4 is 10.6 Å². The number of nitrogens with zero attached hydrogens (tertiary/aromatic N) is 2. The van der Waals surface area contributed by atoms with E-state index in [2.05, 4.69) is 15.6 Å². The van der Waals surface area contributed by atoms with Gasteiger partial charge in [0.15, 0.2) is 0 Å². The summed E-state index contributed by atoms with van der Waals surface area (Å²) in [7, 11) is 1.97. The van der Waals surface area contributed by atoms with Crippen LogP contribution in [0.5, 0.6) is 0 Å². The van der Waals surface area contributed by atoms with E-state index >= 15 is 0 Å². The Morgan fingerprint density at radius 1 is 1.40 bits per heavy atom. The van der Waals surface area contributed by atoms with Gasteiger partial charge >= 0.3 is 0 Å². The predicted molar refractivity (Wildman–Crippen MR) is 79.7 cm³/mol. The number of anilines is 1. The molecule has 20 heavy (non-hydrogen) atoms. The minimum Gasteiger partial charge on any atom is -0.378 e. The molecule has 1 aromatic heterocycles. The van der Waals surface area contributed by atoms with E-state index in [1.54, 1.807) is 6.20 Å². The van der Waals surface area contributed by atoms with Gasteiger partial charge in [0.1, 0.15) is 5.82 Å². The Kier molecular flexibility index (Phi) is 4.40. The maximum Gasteiger partial charge on any atom is 0.251 e. The largest absolute Gasteiger partial charge is 0.378 e. The van der Waals surface area contributed by atoms with E-state index in [-0.39, 0.29) is 5.91 Å². The Morgan fingerprint density at radius 3 is 2.80 bits per heavy atom. The zero-order chi connectivity index (χ0) is 14.5. The van der Waals surface area contributed by atoms with Gasteiger partial charge in [0, 0.05) is 37.2 Å². The monoisotopic (exact) mass is 272 g/mol. The molecule has 0 spiro atoms. The second-order valence-corrected chi connectivity index (χ2v) is 4.70. The smallest absolute Gasteiger partial charge is 0.251 e. The summed E-state index contributed by atoms with van der Waals surface area (Å²) in [5.41, 5.74) is 2.75. The predicted octanol–water partition coefficient (Wildman–Crippen LogP) is 2.09. The Balaban J connectivity index is 2.06. The number of imidazole rings is 1. The maximum atomic E-state index is 11.8. The third-order valence-corrected chi connectivity index (χ3v) is 3.18. The minimum atomic E-state index is -0.0359. The first-order chi connectivity index (χ1) is 9.61. The van der Waals surface area contributed by atoms with Crippen molar-refractivity contribution in [2.24, 2.45) is 7.05 Å². The number of hydrogen-bond donors (Lipinski definition) is 2. The third-order valence-electron chi connectivity index (χ3n) is 3.18. The fourth-order valence-corrected chi connectivity index (χ4v) is 2.01. The number of nitrogens with one attached hydrogen (secondary N) is 2. The summed E-state index contributed by atoms with van der Waals surface area (Å²) < 4.78 is 1.98. The Morgan fingerprint density at radius 2 is 2.20 bits per heavy atom. The van der Waals surface area contributed by atoms with Crippen molar-refractivity contribution in [1.82, 2.24) is 14.9 Å². The van der Waals surface area contributed by atoms with Gasteiger partial charge in [-0.15, -0.1) is 0 Å². The van der Waals surface area contributed by atoms with Crippen molar-refractivity contribution in [3.8, 4) is 0 Å². The topological polar surface area (TPSA) is 59.0 Å². The van der Waals surface area contributed by atoms with E-state index in [1.165, 1.54) is 0 Å². The molecule has 0 bridgehead atoms. The molecule has 0 saturated heterocycles. The van der Waals surface area contributed by atoms with Crippen molar-refractivity contribution in [3.63, 3.8) is 0 Å². The molecule has 5 nitrogen and oxygen atoms in total. The molecule has 0 saturated carbocycles. The lowest BCUT2D eigenvalue weighted by molar-refractivity contribution is 0.0956. The molecule has 2 aromatic rings. The van der Waals surface area contributed by atoms with Crippen LogP contribution in [0, 0.1) is 6.92 Å². The lowest BCUT2D eigenvalue weighted by atomic mass is 10.1. The van der Waals surface area contributed by atoms with E-state index in [4.69, 9.17) is 0 Å². The van der Waals surface area contributed by atoms with E-state index in [0.29, 0.717) is 18.7 Å². The summed E-state index contributed by atoms with van der Waals surface area (Å²) in [6.45, 7) is 5.19. The number of rotatable bonds is 5. The lowest BCUT2D eigenvalue weighted by Gasteiger charge is -2.11. The standard InChI is InChI=1S/C15H20N4O/c1-4-16-15(20)12-5-6-13(11(2)9-12)18-10-14-17-7-8-19(14)3/h5-9,18H,4,10H2,1-3H3,(H,16,20). The fourth-order valence-electron chi connectivity index (χ4n) is 2.01. The van der Waals surface area contributed by atoms with Crippen LogP contribution in [-0.2, 0) is 13.6 Å². The van der Waals surface area contributed by atoms with Crippen LogP contribution in [0.1, 0.15) is 28.7 Å². The molecule has 2 rings (SSSR count). The Bertz CT molecular complexity index is 604. The number of carbonyl (C=O) groups excluding carboxylic acids is 1. The van der Waals surface area contributed by atoms with Gasteiger partial charge in [-0.1, -0.05) is 0 Å². The van der Waals surface area contributed by atoms with Gasteiger partial charge in [0.25, 0.3) is 5.91 Å². The molecule has 1 amide bonds. The van der Waals surface area contributed by atoms with Crippen LogP contribution >= 0.6 is 0 Å². The van der Waals surface area contributed by atoms with Crippen molar-refractivity contribution < 1.29 is 4.79 Å². The van der Waals surface area contributed by atoms with Crippen molar-refractivity contribution in [2.45, 2.75) is 20.4 Å². The Labute approximate surface area is 119 Å². The average molecular weight is 272 g/mol. The van der Waals surface area contributed by atoms with Crippen LogP contribution in [0.15, 0.2) is 30.6 Å². The number of carbonyl (C=O) groups is 1. The molecule has 0 aliphatic heterocycles. The molecule has 0 aliphatic carbocycles. The van der Waals surface area contributed by atoms with Gasteiger partial charge in [0.2, 0.25) is 0 Å². The number of hydrogen-bond acceptors (Lipinski definition) is 3. The van der Waals surface area contributed by atoms with Crippen LogP contribution in [0.4, 0.5) is 5.69 Å². The van der Waals surface area contributed by atoms with Crippen molar-refractivity contribution in [2.75, 3.05) is 11.9 Å². The SMILES string of the molecule is CCNC(=O)c1ccc(NCc2nccn2C)c(C)c1. The highest BCUT2D eigenvalue weighted by atomic mass is 16.1. The summed E-state index contributed by atoms with van der Waals surface area (Å²) in [5.74, 6) is 0.934. The molecule has 1 aromatic carbocycles. The first-order valence-electron chi connectivity index (χ1n) is 6.70. The van der Waals surface area contributed by atoms with Gasteiger partial charge < -0.3 is 15.2 Å². The molecular weight excluding hydrogens is 252 g/mol. The number of aryl methyl sites for hydroxylation is 2. The average Bonchev–Trinajstić information content (AvgIpc) is 2.83. The highest BCUT2D eigenvalue weighted by molar-refractivity contribution is 5.94. The van der Waals surface area contributed by atoms with Crippen molar-refractivity contribution in [3.05, 3.63) is 47.5 Å². The molecule has 0 unspecified atom stereocenters. The summed E-state index contributed by atoms with van der Waals surface area (Å²) in [4.78, 5) is 16.0. The highest BCUT2D eigenvalue weighted by Gasteiger charge is 2.07. The highest BCUT2D eigenvalue weighted by Crippen LogP contribution is 2.17. The van der Waals surface area contributed by atoms with E-state index < -0.39 is 0 Å². The second kappa shape index (κ2) is 6.23. The van der Waals surface area contributed by atoms with E-state index in [0.717, 1.165) is 17.1 Å². The van der Waals surface area contributed by atoms with Gasteiger partial charge in [-0.3, -0.25) is 4.79 Å².